The summed E-state index contributed by atoms with van der Waals surface area (Å²) in [4.78, 5) is 25.4. The molecule has 110 valence electrons. The van der Waals surface area contributed by atoms with Gasteiger partial charge in [0.25, 0.3) is 0 Å². The Kier molecular flexibility index (Phi) is 4.42. The smallest absolute Gasteiger partial charge is 0.356 e. The molecular formula is C14H21N3O3. The SMILES string of the molecule is CCN1C[C@H](COC(=O)c2cc(C)nn2CC)CC1=O. The number of esters is 1. The molecule has 0 spiro atoms. The zero-order valence-electron chi connectivity index (χ0n) is 12.3. The summed E-state index contributed by atoms with van der Waals surface area (Å²) in [6.45, 7) is 8.03. The molecule has 0 N–H and O–H groups in total. The molecule has 1 amide bonds. The minimum atomic E-state index is -0.366. The maximum atomic E-state index is 12.0. The highest BCUT2D eigenvalue weighted by atomic mass is 16.5. The van der Waals surface area contributed by atoms with E-state index in [1.54, 1.807) is 15.6 Å². The highest BCUT2D eigenvalue weighted by molar-refractivity contribution is 5.87. The molecule has 0 radical (unpaired) electrons. The first kappa shape index (κ1) is 14.6. The predicted molar refractivity (Wildman–Crippen MR) is 73.3 cm³/mol. The molecule has 1 saturated heterocycles. The predicted octanol–water partition coefficient (Wildman–Crippen LogP) is 1.24. The van der Waals surface area contributed by atoms with Crippen LogP contribution in [0.4, 0.5) is 0 Å². The molecule has 20 heavy (non-hydrogen) atoms. The van der Waals surface area contributed by atoms with Crippen LogP contribution in [0.1, 0.15) is 36.5 Å². The van der Waals surface area contributed by atoms with Gasteiger partial charge in [0.1, 0.15) is 5.69 Å². The molecule has 1 fully saturated rings. The van der Waals surface area contributed by atoms with E-state index in [0.29, 0.717) is 31.7 Å². The lowest BCUT2D eigenvalue weighted by molar-refractivity contribution is -0.127. The van der Waals surface area contributed by atoms with Crippen molar-refractivity contribution in [2.45, 2.75) is 33.7 Å². The summed E-state index contributed by atoms with van der Waals surface area (Å²) >= 11 is 0. The molecule has 6 nitrogen and oxygen atoms in total. The highest BCUT2D eigenvalue weighted by Crippen LogP contribution is 2.18. The zero-order chi connectivity index (χ0) is 14.7. The first-order chi connectivity index (χ1) is 9.55. The molecule has 2 rings (SSSR count). The summed E-state index contributed by atoms with van der Waals surface area (Å²) in [5.74, 6) is -0.122. The number of amides is 1. The van der Waals surface area contributed by atoms with Crippen molar-refractivity contribution in [2.75, 3.05) is 19.7 Å². The van der Waals surface area contributed by atoms with Gasteiger partial charge in [0.15, 0.2) is 0 Å². The topological polar surface area (TPSA) is 64.4 Å². The lowest BCUT2D eigenvalue weighted by atomic mass is 10.1. The summed E-state index contributed by atoms with van der Waals surface area (Å²) in [5.41, 5.74) is 1.27. The van der Waals surface area contributed by atoms with Gasteiger partial charge in [-0.1, -0.05) is 0 Å². The van der Waals surface area contributed by atoms with Crippen molar-refractivity contribution in [1.29, 1.82) is 0 Å². The maximum Gasteiger partial charge on any atom is 0.356 e. The van der Waals surface area contributed by atoms with Crippen molar-refractivity contribution in [3.63, 3.8) is 0 Å². The van der Waals surface area contributed by atoms with E-state index in [9.17, 15) is 9.59 Å². The number of hydrogen-bond acceptors (Lipinski definition) is 4. The molecule has 1 atom stereocenters. The van der Waals surface area contributed by atoms with E-state index in [2.05, 4.69) is 5.10 Å². The fourth-order valence-corrected chi connectivity index (χ4v) is 2.49. The Morgan fingerprint density at radius 2 is 2.20 bits per heavy atom. The Labute approximate surface area is 118 Å². The number of hydrogen-bond donors (Lipinski definition) is 0. The van der Waals surface area contributed by atoms with E-state index in [1.165, 1.54) is 0 Å². The van der Waals surface area contributed by atoms with Crippen LogP contribution in [0.3, 0.4) is 0 Å². The summed E-state index contributed by atoms with van der Waals surface area (Å²) in [5, 5.41) is 4.22. The first-order valence-corrected chi connectivity index (χ1v) is 7.04. The second-order valence-electron chi connectivity index (χ2n) is 5.09. The van der Waals surface area contributed by atoms with Gasteiger partial charge in [-0.05, 0) is 26.8 Å². The average Bonchev–Trinajstić information content (AvgIpc) is 2.98. The third-order valence-electron chi connectivity index (χ3n) is 3.54. The van der Waals surface area contributed by atoms with Crippen molar-refractivity contribution >= 4 is 11.9 Å². The Morgan fingerprint density at radius 3 is 2.80 bits per heavy atom. The van der Waals surface area contributed by atoms with Crippen molar-refractivity contribution in [1.82, 2.24) is 14.7 Å². The Bertz CT molecular complexity index is 510. The van der Waals surface area contributed by atoms with Crippen molar-refractivity contribution in [2.24, 2.45) is 5.92 Å². The minimum Gasteiger partial charge on any atom is -0.461 e. The van der Waals surface area contributed by atoms with Crippen LogP contribution in [0, 0.1) is 12.8 Å². The van der Waals surface area contributed by atoms with Gasteiger partial charge in [0.2, 0.25) is 5.91 Å². The van der Waals surface area contributed by atoms with Crippen LogP contribution in [0.2, 0.25) is 0 Å². The largest absolute Gasteiger partial charge is 0.461 e. The standard InChI is InChI=1S/C14H21N3O3/c1-4-16-8-11(7-13(16)18)9-20-14(19)12-6-10(3)15-17(12)5-2/h6,11H,4-5,7-9H2,1-3H3/t11-/m1/s1. The summed E-state index contributed by atoms with van der Waals surface area (Å²) in [6.07, 6.45) is 0.465. The number of rotatable bonds is 5. The Morgan fingerprint density at radius 1 is 1.45 bits per heavy atom. The van der Waals surface area contributed by atoms with Crippen molar-refractivity contribution < 1.29 is 14.3 Å². The number of aromatic nitrogens is 2. The van der Waals surface area contributed by atoms with Gasteiger partial charge >= 0.3 is 5.97 Å². The van der Waals surface area contributed by atoms with E-state index in [-0.39, 0.29) is 24.4 Å². The monoisotopic (exact) mass is 279 g/mol. The molecule has 1 aromatic rings. The molecule has 0 aromatic carbocycles. The fourth-order valence-electron chi connectivity index (χ4n) is 2.49. The minimum absolute atomic E-state index is 0.102. The van der Waals surface area contributed by atoms with Crippen LogP contribution in [-0.4, -0.2) is 46.3 Å². The molecule has 0 saturated carbocycles. The van der Waals surface area contributed by atoms with Crippen LogP contribution < -0.4 is 0 Å². The van der Waals surface area contributed by atoms with Crippen LogP contribution in [-0.2, 0) is 16.1 Å². The second-order valence-corrected chi connectivity index (χ2v) is 5.09. The van der Waals surface area contributed by atoms with Crippen LogP contribution in [0.5, 0.6) is 0 Å². The highest BCUT2D eigenvalue weighted by Gasteiger charge is 2.29. The fraction of sp³-hybridized carbons (Fsp3) is 0.643. The van der Waals surface area contributed by atoms with E-state index < -0.39 is 0 Å². The van der Waals surface area contributed by atoms with Gasteiger partial charge in [0, 0.05) is 32.0 Å². The van der Waals surface area contributed by atoms with Gasteiger partial charge in [-0.2, -0.15) is 5.10 Å². The summed E-state index contributed by atoms with van der Waals surface area (Å²) < 4.78 is 6.97. The zero-order valence-corrected chi connectivity index (χ0v) is 12.3. The van der Waals surface area contributed by atoms with Crippen molar-refractivity contribution in [3.8, 4) is 0 Å². The van der Waals surface area contributed by atoms with Gasteiger partial charge < -0.3 is 9.64 Å². The third-order valence-corrected chi connectivity index (χ3v) is 3.54. The number of ether oxygens (including phenoxy) is 1. The van der Waals surface area contributed by atoms with Gasteiger partial charge in [-0.25, -0.2) is 4.79 Å². The number of carbonyl (C=O) groups is 2. The summed E-state index contributed by atoms with van der Waals surface area (Å²) in [6, 6.07) is 1.73. The number of nitrogens with zero attached hydrogens (tertiary/aromatic N) is 3. The van der Waals surface area contributed by atoms with E-state index in [4.69, 9.17) is 4.74 Å². The number of likely N-dealkylation sites (tertiary alicyclic amines) is 1. The van der Waals surface area contributed by atoms with E-state index >= 15 is 0 Å². The molecule has 2 heterocycles. The molecule has 1 aliphatic heterocycles. The van der Waals surface area contributed by atoms with Crippen molar-refractivity contribution in [3.05, 3.63) is 17.5 Å². The Balaban J connectivity index is 1.91. The van der Waals surface area contributed by atoms with Crippen LogP contribution in [0.25, 0.3) is 0 Å². The molecule has 1 aromatic heterocycles. The molecule has 0 aliphatic carbocycles. The molecule has 0 bridgehead atoms. The van der Waals surface area contributed by atoms with Crippen LogP contribution in [0.15, 0.2) is 6.07 Å². The molecule has 6 heteroatoms. The lowest BCUT2D eigenvalue weighted by Crippen LogP contribution is -2.25. The number of carbonyl (C=O) groups excluding carboxylic acids is 2. The van der Waals surface area contributed by atoms with Crippen LogP contribution >= 0.6 is 0 Å². The molecular weight excluding hydrogens is 258 g/mol. The first-order valence-electron chi connectivity index (χ1n) is 7.04. The molecule has 1 aliphatic rings. The van der Waals surface area contributed by atoms with Gasteiger partial charge in [0.05, 0.1) is 12.3 Å². The van der Waals surface area contributed by atoms with Gasteiger partial charge in [-0.15, -0.1) is 0 Å². The normalized spacial score (nSPS) is 18.6. The quantitative estimate of drug-likeness (QED) is 0.761. The Hall–Kier alpha value is -1.85. The summed E-state index contributed by atoms with van der Waals surface area (Å²) in [7, 11) is 0. The molecule has 0 unspecified atom stereocenters. The maximum absolute atomic E-state index is 12.0. The van der Waals surface area contributed by atoms with Gasteiger partial charge in [-0.3, -0.25) is 9.48 Å². The van der Waals surface area contributed by atoms with E-state index in [1.807, 2.05) is 20.8 Å². The number of aryl methyl sites for hydroxylation is 2. The van der Waals surface area contributed by atoms with E-state index in [0.717, 1.165) is 5.69 Å². The lowest BCUT2D eigenvalue weighted by Gasteiger charge is -2.13. The average molecular weight is 279 g/mol. The second kappa shape index (κ2) is 6.07. The third kappa shape index (κ3) is 3.00.